The van der Waals surface area contributed by atoms with Crippen LogP contribution in [0, 0.1) is 5.82 Å². The van der Waals surface area contributed by atoms with Crippen molar-refractivity contribution in [1.82, 2.24) is 25.1 Å². The lowest BCUT2D eigenvalue weighted by Gasteiger charge is -2.00. The number of hydrogen-bond donors (Lipinski definition) is 1. The summed E-state index contributed by atoms with van der Waals surface area (Å²) in [5, 5.41) is 14.4. The summed E-state index contributed by atoms with van der Waals surface area (Å²) in [4.78, 5) is 16.2. The number of aromatic nitrogens is 5. The third-order valence-electron chi connectivity index (χ3n) is 3.68. The quantitative estimate of drug-likeness (QED) is 0.585. The summed E-state index contributed by atoms with van der Waals surface area (Å²) >= 11 is 0. The van der Waals surface area contributed by atoms with Crippen LogP contribution in [0.3, 0.4) is 0 Å². The number of rotatable bonds is 5. The van der Waals surface area contributed by atoms with Crippen LogP contribution in [0.25, 0.3) is 11.5 Å². The lowest BCUT2D eigenvalue weighted by Crippen LogP contribution is -2.12. The summed E-state index contributed by atoms with van der Waals surface area (Å²) in [7, 11) is 0. The second-order valence-electron chi connectivity index (χ2n) is 5.67. The number of anilines is 1. The molecule has 9 heteroatoms. The summed E-state index contributed by atoms with van der Waals surface area (Å²) in [6.07, 6.45) is 1.62. The zero-order chi connectivity index (χ0) is 18.6. The fourth-order valence-corrected chi connectivity index (χ4v) is 2.38. The number of para-hydroxylation sites is 1. The minimum absolute atomic E-state index is 0.151. The summed E-state index contributed by atoms with van der Waals surface area (Å²) in [5.74, 6) is -0.842. The Hall–Kier alpha value is -3.88. The van der Waals surface area contributed by atoms with Gasteiger partial charge < -0.3 is 9.84 Å². The van der Waals surface area contributed by atoms with E-state index in [0.717, 1.165) is 5.56 Å². The van der Waals surface area contributed by atoms with Gasteiger partial charge in [0.2, 0.25) is 5.82 Å². The van der Waals surface area contributed by atoms with E-state index in [9.17, 15) is 9.18 Å². The number of carbonyl (C=O) groups is 1. The largest absolute Gasteiger partial charge is 0.328 e. The summed E-state index contributed by atoms with van der Waals surface area (Å²) < 4.78 is 19.5. The standard InChI is InChI=1S/C18H13FN6O2/c19-13-8-6-12(7-9-13)10-25-11-15(22-24-25)16-21-18(27-23-16)17(26)20-14-4-2-1-3-5-14/h1-9,11H,10H2,(H,20,26). The molecule has 0 radical (unpaired) electrons. The minimum Gasteiger partial charge on any atom is -0.328 e. The third-order valence-corrected chi connectivity index (χ3v) is 3.68. The molecule has 2 aromatic carbocycles. The molecule has 8 nitrogen and oxygen atoms in total. The molecule has 4 aromatic rings. The second kappa shape index (κ2) is 7.16. The number of nitrogens with one attached hydrogen (secondary N) is 1. The first-order valence-corrected chi connectivity index (χ1v) is 8.02. The van der Waals surface area contributed by atoms with E-state index in [4.69, 9.17) is 4.52 Å². The molecule has 0 aliphatic rings. The van der Waals surface area contributed by atoms with Gasteiger partial charge in [0.05, 0.1) is 12.7 Å². The molecule has 0 fully saturated rings. The molecule has 0 saturated heterocycles. The molecule has 0 aliphatic carbocycles. The van der Waals surface area contributed by atoms with Gasteiger partial charge in [0.15, 0.2) is 5.69 Å². The van der Waals surface area contributed by atoms with Crippen molar-refractivity contribution in [3.05, 3.63) is 78.1 Å². The van der Waals surface area contributed by atoms with Crippen LogP contribution in [0.5, 0.6) is 0 Å². The van der Waals surface area contributed by atoms with Crippen molar-refractivity contribution >= 4 is 11.6 Å². The highest BCUT2D eigenvalue weighted by atomic mass is 19.1. The van der Waals surface area contributed by atoms with Crippen LogP contribution < -0.4 is 5.32 Å². The van der Waals surface area contributed by atoms with E-state index in [1.807, 2.05) is 6.07 Å². The van der Waals surface area contributed by atoms with Gasteiger partial charge >= 0.3 is 11.8 Å². The molecule has 134 valence electrons. The molecule has 0 atom stereocenters. The van der Waals surface area contributed by atoms with Crippen molar-refractivity contribution in [2.24, 2.45) is 0 Å². The van der Waals surface area contributed by atoms with Crippen LogP contribution in [0.15, 0.2) is 65.3 Å². The van der Waals surface area contributed by atoms with Gasteiger partial charge in [-0.2, -0.15) is 4.98 Å². The monoisotopic (exact) mass is 364 g/mol. The first-order valence-electron chi connectivity index (χ1n) is 8.02. The molecule has 27 heavy (non-hydrogen) atoms. The van der Waals surface area contributed by atoms with Crippen LogP contribution in [-0.2, 0) is 6.54 Å². The van der Waals surface area contributed by atoms with Crippen LogP contribution in [0.2, 0.25) is 0 Å². The van der Waals surface area contributed by atoms with Crippen molar-refractivity contribution in [3.63, 3.8) is 0 Å². The number of amides is 1. The molecule has 0 bridgehead atoms. The SMILES string of the molecule is O=C(Nc1ccccc1)c1nc(-c2cn(Cc3ccc(F)cc3)nn2)no1. The Morgan fingerprint density at radius 2 is 1.89 bits per heavy atom. The molecule has 0 unspecified atom stereocenters. The lowest BCUT2D eigenvalue weighted by molar-refractivity contribution is 0.0981. The first kappa shape index (κ1) is 16.6. The molecule has 0 spiro atoms. The van der Waals surface area contributed by atoms with Gasteiger partial charge in [0, 0.05) is 5.69 Å². The molecule has 1 N–H and O–H groups in total. The van der Waals surface area contributed by atoms with Gasteiger partial charge in [-0.05, 0) is 29.8 Å². The van der Waals surface area contributed by atoms with E-state index in [1.54, 1.807) is 47.3 Å². The number of nitrogens with zero attached hydrogens (tertiary/aromatic N) is 5. The Balaban J connectivity index is 1.46. The van der Waals surface area contributed by atoms with Crippen molar-refractivity contribution in [3.8, 4) is 11.5 Å². The number of benzene rings is 2. The van der Waals surface area contributed by atoms with Crippen LogP contribution >= 0.6 is 0 Å². The molecular weight excluding hydrogens is 351 g/mol. The molecule has 0 saturated carbocycles. The summed E-state index contributed by atoms with van der Waals surface area (Å²) in [6, 6.07) is 15.0. The topological polar surface area (TPSA) is 98.7 Å². The molecule has 2 aromatic heterocycles. The Bertz CT molecular complexity index is 1060. The average molecular weight is 364 g/mol. The van der Waals surface area contributed by atoms with Gasteiger partial charge in [0.25, 0.3) is 0 Å². The zero-order valence-electron chi connectivity index (χ0n) is 13.9. The Morgan fingerprint density at radius 3 is 2.67 bits per heavy atom. The maximum absolute atomic E-state index is 13.0. The van der Waals surface area contributed by atoms with Crippen molar-refractivity contribution in [1.29, 1.82) is 0 Å². The van der Waals surface area contributed by atoms with E-state index in [-0.39, 0.29) is 17.5 Å². The van der Waals surface area contributed by atoms with Crippen LogP contribution in [0.4, 0.5) is 10.1 Å². The fraction of sp³-hybridized carbons (Fsp3) is 0.0556. The third kappa shape index (κ3) is 3.87. The normalized spacial score (nSPS) is 10.7. The highest BCUT2D eigenvalue weighted by Gasteiger charge is 2.18. The Labute approximate surface area is 152 Å². The Kier molecular flexibility index (Phi) is 4.40. The predicted molar refractivity (Wildman–Crippen MR) is 93.2 cm³/mol. The zero-order valence-corrected chi connectivity index (χ0v) is 13.9. The number of carbonyl (C=O) groups excluding carboxylic acids is 1. The van der Waals surface area contributed by atoms with E-state index in [2.05, 4.69) is 25.8 Å². The van der Waals surface area contributed by atoms with Gasteiger partial charge in [-0.3, -0.25) is 4.79 Å². The second-order valence-corrected chi connectivity index (χ2v) is 5.67. The van der Waals surface area contributed by atoms with Crippen molar-refractivity contribution < 1.29 is 13.7 Å². The van der Waals surface area contributed by atoms with Crippen LogP contribution in [0.1, 0.15) is 16.2 Å². The summed E-state index contributed by atoms with van der Waals surface area (Å²) in [5.41, 5.74) is 1.84. The molecule has 2 heterocycles. The first-order chi connectivity index (χ1) is 13.2. The van der Waals surface area contributed by atoms with E-state index >= 15 is 0 Å². The smallest absolute Gasteiger partial charge is 0.316 e. The predicted octanol–water partition coefficient (Wildman–Crippen LogP) is 2.77. The van der Waals surface area contributed by atoms with Gasteiger partial charge in [0.1, 0.15) is 5.82 Å². The summed E-state index contributed by atoms with van der Waals surface area (Å²) in [6.45, 7) is 0.409. The van der Waals surface area contributed by atoms with Gasteiger partial charge in [-0.15, -0.1) is 5.10 Å². The van der Waals surface area contributed by atoms with Crippen LogP contribution in [-0.4, -0.2) is 31.0 Å². The van der Waals surface area contributed by atoms with E-state index < -0.39 is 5.91 Å². The molecule has 4 rings (SSSR count). The molecule has 1 amide bonds. The van der Waals surface area contributed by atoms with Gasteiger partial charge in [-0.1, -0.05) is 40.7 Å². The highest BCUT2D eigenvalue weighted by Crippen LogP contribution is 2.14. The van der Waals surface area contributed by atoms with E-state index in [1.165, 1.54) is 12.1 Å². The molecular formula is C18H13FN6O2. The van der Waals surface area contributed by atoms with Crippen molar-refractivity contribution in [2.75, 3.05) is 5.32 Å². The van der Waals surface area contributed by atoms with E-state index in [0.29, 0.717) is 17.9 Å². The highest BCUT2D eigenvalue weighted by molar-refractivity contribution is 6.01. The lowest BCUT2D eigenvalue weighted by atomic mass is 10.2. The number of halogens is 1. The minimum atomic E-state index is -0.515. The van der Waals surface area contributed by atoms with Crippen molar-refractivity contribution in [2.45, 2.75) is 6.54 Å². The Morgan fingerprint density at radius 1 is 1.11 bits per heavy atom. The maximum atomic E-state index is 13.0. The van der Waals surface area contributed by atoms with Gasteiger partial charge in [-0.25, -0.2) is 9.07 Å². The fourth-order valence-electron chi connectivity index (χ4n) is 2.38. The average Bonchev–Trinajstić information content (AvgIpc) is 3.34. The number of hydrogen-bond acceptors (Lipinski definition) is 6. The molecule has 0 aliphatic heterocycles. The maximum Gasteiger partial charge on any atom is 0.316 e.